The van der Waals surface area contributed by atoms with Crippen LogP contribution in [0.1, 0.15) is 30.9 Å². The van der Waals surface area contributed by atoms with Gasteiger partial charge in [-0.1, -0.05) is 26.0 Å². The lowest BCUT2D eigenvalue weighted by Gasteiger charge is -2.15. The zero-order valence-electron chi connectivity index (χ0n) is 10.2. The second-order valence-corrected chi connectivity index (χ2v) is 4.37. The second-order valence-electron chi connectivity index (χ2n) is 4.37. The Balaban J connectivity index is 2.97. The van der Waals surface area contributed by atoms with Crippen molar-refractivity contribution < 1.29 is 9.84 Å². The van der Waals surface area contributed by atoms with E-state index in [0.29, 0.717) is 12.3 Å². The molecule has 0 radical (unpaired) electrons. The standard InChI is InChI=1S/C13H21NO2/c1-9(2)10-4-5-13(16-3)11(6-10)7-12(14)8-15/h4-6,9,12,15H,7-8,14H2,1-3H3. The molecular weight excluding hydrogens is 202 g/mol. The van der Waals surface area contributed by atoms with Gasteiger partial charge in [-0.15, -0.1) is 0 Å². The Morgan fingerprint density at radius 1 is 1.38 bits per heavy atom. The molecule has 1 rings (SSSR count). The number of aliphatic hydroxyl groups is 1. The molecule has 0 aliphatic carbocycles. The van der Waals surface area contributed by atoms with Gasteiger partial charge in [-0.05, 0) is 29.5 Å². The van der Waals surface area contributed by atoms with Gasteiger partial charge in [-0.3, -0.25) is 0 Å². The highest BCUT2D eigenvalue weighted by atomic mass is 16.5. The summed E-state index contributed by atoms with van der Waals surface area (Å²) in [5.41, 5.74) is 8.08. The molecule has 0 saturated carbocycles. The number of aliphatic hydroxyl groups excluding tert-OH is 1. The molecule has 90 valence electrons. The van der Waals surface area contributed by atoms with E-state index < -0.39 is 0 Å². The Bertz CT molecular complexity index is 337. The predicted molar refractivity (Wildman–Crippen MR) is 65.8 cm³/mol. The summed E-state index contributed by atoms with van der Waals surface area (Å²) in [6.07, 6.45) is 0.639. The third-order valence-electron chi connectivity index (χ3n) is 2.69. The van der Waals surface area contributed by atoms with Gasteiger partial charge in [0.25, 0.3) is 0 Å². The fraction of sp³-hybridized carbons (Fsp3) is 0.538. The lowest BCUT2D eigenvalue weighted by atomic mass is 9.97. The SMILES string of the molecule is COc1ccc(C(C)C)cc1CC(N)CO. The number of hydrogen-bond acceptors (Lipinski definition) is 3. The van der Waals surface area contributed by atoms with Crippen LogP contribution in [-0.4, -0.2) is 24.9 Å². The lowest BCUT2D eigenvalue weighted by molar-refractivity contribution is 0.264. The molecule has 0 fully saturated rings. The zero-order chi connectivity index (χ0) is 12.1. The number of nitrogens with two attached hydrogens (primary N) is 1. The van der Waals surface area contributed by atoms with Crippen LogP contribution in [0.4, 0.5) is 0 Å². The van der Waals surface area contributed by atoms with E-state index >= 15 is 0 Å². The summed E-state index contributed by atoms with van der Waals surface area (Å²) in [6.45, 7) is 4.30. The van der Waals surface area contributed by atoms with E-state index in [4.69, 9.17) is 15.6 Å². The molecule has 16 heavy (non-hydrogen) atoms. The van der Waals surface area contributed by atoms with Crippen LogP contribution in [0.5, 0.6) is 5.75 Å². The van der Waals surface area contributed by atoms with Gasteiger partial charge in [0.05, 0.1) is 13.7 Å². The van der Waals surface area contributed by atoms with Gasteiger partial charge < -0.3 is 15.6 Å². The van der Waals surface area contributed by atoms with Crippen molar-refractivity contribution in [1.29, 1.82) is 0 Å². The first-order valence-electron chi connectivity index (χ1n) is 5.61. The Hall–Kier alpha value is -1.06. The van der Waals surface area contributed by atoms with Crippen LogP contribution in [0.15, 0.2) is 18.2 Å². The molecule has 0 aliphatic heterocycles. The summed E-state index contributed by atoms with van der Waals surface area (Å²) < 4.78 is 5.29. The van der Waals surface area contributed by atoms with E-state index in [9.17, 15) is 0 Å². The molecule has 3 N–H and O–H groups in total. The Kier molecular flexibility index (Phi) is 4.77. The quantitative estimate of drug-likeness (QED) is 0.798. The van der Waals surface area contributed by atoms with Gasteiger partial charge in [-0.25, -0.2) is 0 Å². The van der Waals surface area contributed by atoms with Crippen molar-refractivity contribution in [2.45, 2.75) is 32.2 Å². The highest BCUT2D eigenvalue weighted by molar-refractivity contribution is 5.38. The van der Waals surface area contributed by atoms with Crippen molar-refractivity contribution in [3.8, 4) is 5.75 Å². The maximum absolute atomic E-state index is 8.97. The first kappa shape index (κ1) is 13.0. The molecular formula is C13H21NO2. The van der Waals surface area contributed by atoms with Crippen LogP contribution in [0.2, 0.25) is 0 Å². The van der Waals surface area contributed by atoms with Gasteiger partial charge in [0.2, 0.25) is 0 Å². The average molecular weight is 223 g/mol. The number of rotatable bonds is 5. The monoisotopic (exact) mass is 223 g/mol. The maximum Gasteiger partial charge on any atom is 0.122 e. The normalized spacial score (nSPS) is 12.9. The van der Waals surface area contributed by atoms with Crippen LogP contribution in [0, 0.1) is 0 Å². The zero-order valence-corrected chi connectivity index (χ0v) is 10.2. The van der Waals surface area contributed by atoms with Crippen LogP contribution in [0.25, 0.3) is 0 Å². The third kappa shape index (κ3) is 3.22. The van der Waals surface area contributed by atoms with Gasteiger partial charge in [-0.2, -0.15) is 0 Å². The van der Waals surface area contributed by atoms with Crippen molar-refractivity contribution in [3.05, 3.63) is 29.3 Å². The van der Waals surface area contributed by atoms with E-state index in [1.54, 1.807) is 7.11 Å². The van der Waals surface area contributed by atoms with Gasteiger partial charge in [0, 0.05) is 6.04 Å². The maximum atomic E-state index is 8.97. The molecule has 1 aromatic carbocycles. The van der Waals surface area contributed by atoms with Crippen molar-refractivity contribution in [3.63, 3.8) is 0 Å². The van der Waals surface area contributed by atoms with Crippen molar-refractivity contribution in [2.24, 2.45) is 5.73 Å². The van der Waals surface area contributed by atoms with E-state index in [1.165, 1.54) is 5.56 Å². The molecule has 0 bridgehead atoms. The molecule has 3 heteroatoms. The third-order valence-corrected chi connectivity index (χ3v) is 2.69. The first-order valence-corrected chi connectivity index (χ1v) is 5.61. The van der Waals surface area contributed by atoms with Gasteiger partial charge in [0.1, 0.15) is 5.75 Å². The van der Waals surface area contributed by atoms with Crippen molar-refractivity contribution in [1.82, 2.24) is 0 Å². The van der Waals surface area contributed by atoms with Crippen molar-refractivity contribution in [2.75, 3.05) is 13.7 Å². The minimum absolute atomic E-state index is 0.00490. The summed E-state index contributed by atoms with van der Waals surface area (Å²) in [4.78, 5) is 0. The number of ether oxygens (including phenoxy) is 1. The van der Waals surface area contributed by atoms with E-state index in [-0.39, 0.29) is 12.6 Å². The van der Waals surface area contributed by atoms with Gasteiger partial charge in [0.15, 0.2) is 0 Å². The Morgan fingerprint density at radius 2 is 2.06 bits per heavy atom. The van der Waals surface area contributed by atoms with E-state index in [1.807, 2.05) is 6.07 Å². The number of hydrogen-bond donors (Lipinski definition) is 2. The van der Waals surface area contributed by atoms with Crippen LogP contribution in [0.3, 0.4) is 0 Å². The van der Waals surface area contributed by atoms with Gasteiger partial charge >= 0.3 is 0 Å². The van der Waals surface area contributed by atoms with E-state index in [0.717, 1.165) is 11.3 Å². The highest BCUT2D eigenvalue weighted by Crippen LogP contribution is 2.24. The summed E-state index contributed by atoms with van der Waals surface area (Å²) in [5.74, 6) is 1.32. The minimum Gasteiger partial charge on any atom is -0.496 e. The summed E-state index contributed by atoms with van der Waals surface area (Å²) in [7, 11) is 1.65. The number of methoxy groups -OCH3 is 1. The molecule has 3 nitrogen and oxygen atoms in total. The fourth-order valence-corrected chi connectivity index (χ4v) is 1.66. The molecule has 1 aromatic rings. The van der Waals surface area contributed by atoms with E-state index in [2.05, 4.69) is 26.0 Å². The molecule has 0 saturated heterocycles. The molecule has 1 atom stereocenters. The topological polar surface area (TPSA) is 55.5 Å². The number of benzene rings is 1. The lowest BCUT2D eigenvalue weighted by Crippen LogP contribution is -2.27. The molecule has 0 heterocycles. The highest BCUT2D eigenvalue weighted by Gasteiger charge is 2.10. The summed E-state index contributed by atoms with van der Waals surface area (Å²) in [6, 6.07) is 5.92. The second kappa shape index (κ2) is 5.87. The molecule has 0 aliphatic rings. The average Bonchev–Trinajstić information content (AvgIpc) is 2.28. The fourth-order valence-electron chi connectivity index (χ4n) is 1.66. The Labute approximate surface area is 97.2 Å². The smallest absolute Gasteiger partial charge is 0.122 e. The largest absolute Gasteiger partial charge is 0.496 e. The predicted octanol–water partition coefficient (Wildman–Crippen LogP) is 1.68. The molecule has 0 amide bonds. The van der Waals surface area contributed by atoms with Crippen LogP contribution >= 0.6 is 0 Å². The first-order chi connectivity index (χ1) is 7.58. The summed E-state index contributed by atoms with van der Waals surface area (Å²) in [5, 5.41) is 8.97. The molecule has 0 spiro atoms. The van der Waals surface area contributed by atoms with Crippen molar-refractivity contribution >= 4 is 0 Å². The minimum atomic E-state index is -0.226. The van der Waals surface area contributed by atoms with Crippen LogP contribution in [-0.2, 0) is 6.42 Å². The summed E-state index contributed by atoms with van der Waals surface area (Å²) >= 11 is 0. The molecule has 0 aromatic heterocycles. The Morgan fingerprint density at radius 3 is 2.56 bits per heavy atom. The van der Waals surface area contributed by atoms with Crippen LogP contribution < -0.4 is 10.5 Å². The molecule has 1 unspecified atom stereocenters.